The van der Waals surface area contributed by atoms with Gasteiger partial charge in [-0.25, -0.2) is 9.97 Å². The van der Waals surface area contributed by atoms with Gasteiger partial charge in [0.05, 0.1) is 27.0 Å². The molecule has 0 spiro atoms. The molecule has 5 aromatic rings. The molecule has 0 bridgehead atoms. The number of aromatic nitrogens is 3. The van der Waals surface area contributed by atoms with Crippen LogP contribution in [0.15, 0.2) is 64.5 Å². The van der Waals surface area contributed by atoms with Crippen LogP contribution in [0.4, 0.5) is 0 Å². The average Bonchev–Trinajstić information content (AvgIpc) is 3.38. The number of para-hydroxylation sites is 2. The summed E-state index contributed by atoms with van der Waals surface area (Å²) < 4.78 is 2.98. The Morgan fingerprint density at radius 1 is 1.06 bits per heavy atom. The summed E-state index contributed by atoms with van der Waals surface area (Å²) in [7, 11) is 0. The summed E-state index contributed by atoms with van der Waals surface area (Å²) in [5, 5.41) is 2.61. The largest absolute Gasteiger partial charge is 0.268 e. The van der Waals surface area contributed by atoms with E-state index >= 15 is 0 Å². The van der Waals surface area contributed by atoms with Crippen LogP contribution in [0.2, 0.25) is 0 Å². The maximum atomic E-state index is 13.8. The SMILES string of the molecule is CC1CCc2c(sc3nc(SCc4nc5ccccc5s4)n(-c4ccccc4)c(=O)c23)C1. The van der Waals surface area contributed by atoms with E-state index in [0.717, 1.165) is 50.8 Å². The van der Waals surface area contributed by atoms with E-state index in [9.17, 15) is 4.79 Å². The van der Waals surface area contributed by atoms with Gasteiger partial charge in [-0.1, -0.05) is 49.0 Å². The average molecular weight is 476 g/mol. The van der Waals surface area contributed by atoms with Gasteiger partial charge in [0.1, 0.15) is 9.84 Å². The lowest BCUT2D eigenvalue weighted by Gasteiger charge is -2.17. The van der Waals surface area contributed by atoms with Crippen molar-refractivity contribution in [3.63, 3.8) is 0 Å². The maximum absolute atomic E-state index is 13.8. The fraction of sp³-hybridized carbons (Fsp3) is 0.240. The first-order chi connectivity index (χ1) is 15.7. The van der Waals surface area contributed by atoms with Crippen LogP contribution in [0.5, 0.6) is 0 Å². The number of hydrogen-bond acceptors (Lipinski definition) is 6. The van der Waals surface area contributed by atoms with Crippen molar-refractivity contribution >= 4 is 54.9 Å². The highest BCUT2D eigenvalue weighted by Crippen LogP contribution is 2.37. The van der Waals surface area contributed by atoms with E-state index in [-0.39, 0.29) is 5.56 Å². The Morgan fingerprint density at radius 3 is 2.72 bits per heavy atom. The molecule has 3 heterocycles. The number of hydrogen-bond donors (Lipinski definition) is 0. The molecule has 0 radical (unpaired) electrons. The van der Waals surface area contributed by atoms with Gasteiger partial charge in [-0.05, 0) is 55.0 Å². The number of aryl methyl sites for hydroxylation is 1. The third kappa shape index (κ3) is 3.49. The molecule has 1 aliphatic rings. The zero-order chi connectivity index (χ0) is 21.7. The molecular formula is C25H21N3OS3. The molecule has 1 unspecified atom stereocenters. The highest BCUT2D eigenvalue weighted by atomic mass is 32.2. The topological polar surface area (TPSA) is 47.8 Å². The molecule has 0 amide bonds. The summed E-state index contributed by atoms with van der Waals surface area (Å²) in [5.74, 6) is 1.35. The van der Waals surface area contributed by atoms with Crippen LogP contribution in [-0.2, 0) is 18.6 Å². The van der Waals surface area contributed by atoms with Crippen molar-refractivity contribution in [2.75, 3.05) is 0 Å². The van der Waals surface area contributed by atoms with Gasteiger partial charge in [0.2, 0.25) is 0 Å². The molecule has 6 rings (SSSR count). The van der Waals surface area contributed by atoms with E-state index in [0.29, 0.717) is 11.7 Å². The van der Waals surface area contributed by atoms with Crippen LogP contribution in [0, 0.1) is 5.92 Å². The molecule has 3 aromatic heterocycles. The lowest BCUT2D eigenvalue weighted by Crippen LogP contribution is -2.22. The van der Waals surface area contributed by atoms with Crippen molar-refractivity contribution in [3.05, 3.63) is 80.4 Å². The van der Waals surface area contributed by atoms with Crippen molar-refractivity contribution in [1.29, 1.82) is 0 Å². The Hall–Kier alpha value is -2.48. The summed E-state index contributed by atoms with van der Waals surface area (Å²) in [5.41, 5.74) is 3.17. The number of thiazole rings is 1. The Morgan fingerprint density at radius 2 is 1.88 bits per heavy atom. The second-order valence-corrected chi connectivity index (χ2v) is 11.4. The fourth-order valence-electron chi connectivity index (χ4n) is 4.38. The zero-order valence-corrected chi connectivity index (χ0v) is 20.0. The van der Waals surface area contributed by atoms with E-state index in [1.165, 1.54) is 15.1 Å². The minimum atomic E-state index is 0.0556. The highest BCUT2D eigenvalue weighted by Gasteiger charge is 2.25. The molecule has 160 valence electrons. The van der Waals surface area contributed by atoms with E-state index in [4.69, 9.17) is 9.97 Å². The third-order valence-corrected chi connectivity index (χ3v) is 9.29. The van der Waals surface area contributed by atoms with Gasteiger partial charge in [-0.15, -0.1) is 22.7 Å². The Balaban J connectivity index is 1.47. The minimum Gasteiger partial charge on any atom is -0.268 e. The number of thiophene rings is 1. The first-order valence-electron chi connectivity index (χ1n) is 10.8. The Kier molecular flexibility index (Phi) is 5.12. The first kappa shape index (κ1) is 20.1. The number of thioether (sulfide) groups is 1. The molecule has 0 aliphatic heterocycles. The second-order valence-electron chi connectivity index (χ2n) is 8.27. The summed E-state index contributed by atoms with van der Waals surface area (Å²) in [6.45, 7) is 2.29. The summed E-state index contributed by atoms with van der Waals surface area (Å²) in [6.07, 6.45) is 3.16. The Bertz CT molecular complexity index is 1470. The molecule has 1 atom stereocenters. The van der Waals surface area contributed by atoms with Gasteiger partial charge in [-0.2, -0.15) is 0 Å². The number of nitrogens with zero attached hydrogens (tertiary/aromatic N) is 3. The predicted octanol–water partition coefficient (Wildman–Crippen LogP) is 6.47. The molecular weight excluding hydrogens is 454 g/mol. The fourth-order valence-corrected chi connectivity index (χ4v) is 7.78. The van der Waals surface area contributed by atoms with Crippen molar-refractivity contribution in [2.24, 2.45) is 5.92 Å². The van der Waals surface area contributed by atoms with Crippen LogP contribution in [0.1, 0.15) is 28.8 Å². The minimum absolute atomic E-state index is 0.0556. The second kappa shape index (κ2) is 8.14. The van der Waals surface area contributed by atoms with Crippen LogP contribution in [0.25, 0.3) is 26.1 Å². The standard InChI is InChI=1S/C25H21N3OS3/c1-15-11-12-17-20(13-15)32-23-22(17)24(29)28(16-7-3-2-4-8-16)25(27-23)30-14-21-26-18-9-5-6-10-19(18)31-21/h2-10,15H,11-14H2,1H3. The molecule has 0 fully saturated rings. The van der Waals surface area contributed by atoms with Crippen molar-refractivity contribution < 1.29 is 0 Å². The summed E-state index contributed by atoms with van der Waals surface area (Å²) in [6, 6.07) is 18.1. The van der Waals surface area contributed by atoms with Gasteiger partial charge < -0.3 is 0 Å². The highest BCUT2D eigenvalue weighted by molar-refractivity contribution is 7.98. The van der Waals surface area contributed by atoms with Gasteiger partial charge in [0, 0.05) is 4.88 Å². The quantitative estimate of drug-likeness (QED) is 0.221. The third-order valence-electron chi connectivity index (χ3n) is 5.98. The van der Waals surface area contributed by atoms with Gasteiger partial charge in [0.15, 0.2) is 5.16 Å². The first-order valence-corrected chi connectivity index (χ1v) is 13.4. The normalized spacial score (nSPS) is 16.0. The van der Waals surface area contributed by atoms with Crippen LogP contribution >= 0.6 is 34.4 Å². The molecule has 1 aliphatic carbocycles. The van der Waals surface area contributed by atoms with Gasteiger partial charge >= 0.3 is 0 Å². The molecule has 0 N–H and O–H groups in total. The lowest BCUT2D eigenvalue weighted by molar-refractivity contribution is 0.509. The Labute approximate surface area is 198 Å². The van der Waals surface area contributed by atoms with Crippen LogP contribution < -0.4 is 5.56 Å². The van der Waals surface area contributed by atoms with Gasteiger partial charge in [0.25, 0.3) is 5.56 Å². The number of benzene rings is 2. The number of rotatable bonds is 4. The lowest BCUT2D eigenvalue weighted by atomic mass is 9.89. The summed E-state index contributed by atoms with van der Waals surface area (Å²) >= 11 is 5.01. The van der Waals surface area contributed by atoms with E-state index < -0.39 is 0 Å². The summed E-state index contributed by atoms with van der Waals surface area (Å²) in [4.78, 5) is 25.8. The monoisotopic (exact) mass is 475 g/mol. The van der Waals surface area contributed by atoms with Crippen molar-refractivity contribution in [2.45, 2.75) is 37.1 Å². The molecule has 32 heavy (non-hydrogen) atoms. The maximum Gasteiger partial charge on any atom is 0.267 e. The van der Waals surface area contributed by atoms with Crippen LogP contribution in [-0.4, -0.2) is 14.5 Å². The molecule has 4 nitrogen and oxygen atoms in total. The molecule has 2 aromatic carbocycles. The zero-order valence-electron chi connectivity index (χ0n) is 17.6. The van der Waals surface area contributed by atoms with Crippen LogP contribution in [0.3, 0.4) is 0 Å². The molecule has 0 saturated carbocycles. The number of fused-ring (bicyclic) bond motifs is 4. The van der Waals surface area contributed by atoms with Gasteiger partial charge in [-0.3, -0.25) is 9.36 Å². The predicted molar refractivity (Wildman–Crippen MR) is 136 cm³/mol. The van der Waals surface area contributed by atoms with E-state index in [1.807, 2.05) is 48.5 Å². The molecule has 7 heteroatoms. The van der Waals surface area contributed by atoms with Crippen molar-refractivity contribution in [1.82, 2.24) is 14.5 Å². The van der Waals surface area contributed by atoms with E-state index in [1.54, 1.807) is 39.0 Å². The van der Waals surface area contributed by atoms with Crippen molar-refractivity contribution in [3.8, 4) is 5.69 Å². The van der Waals surface area contributed by atoms with E-state index in [2.05, 4.69) is 13.0 Å². The smallest absolute Gasteiger partial charge is 0.267 e. The molecule has 0 saturated heterocycles.